The van der Waals surface area contributed by atoms with Gasteiger partial charge in [-0.05, 0) is 0 Å². The third-order valence-electron chi connectivity index (χ3n) is 3.46. The van der Waals surface area contributed by atoms with Crippen LogP contribution in [0.5, 0.6) is 0 Å². The fourth-order valence-electron chi connectivity index (χ4n) is 2.23. The van der Waals surface area contributed by atoms with Gasteiger partial charge in [0.2, 0.25) is 0 Å². The Hall–Kier alpha value is 0.501. The van der Waals surface area contributed by atoms with Crippen LogP contribution < -0.4 is 37.2 Å². The molecule has 0 radical (unpaired) electrons. The van der Waals surface area contributed by atoms with Crippen LogP contribution in [0.1, 0.15) is 11.1 Å². The summed E-state index contributed by atoms with van der Waals surface area (Å²) in [5.41, 5.74) is 2.77. The number of allylic oxidation sites excluding steroid dienone is 4. The summed E-state index contributed by atoms with van der Waals surface area (Å²) in [5, 5.41) is 1.59. The minimum Gasteiger partial charge on any atom is -1.00 e. The molecule has 0 N–H and O–H groups in total. The summed E-state index contributed by atoms with van der Waals surface area (Å²) >= 11 is 2.34. The van der Waals surface area contributed by atoms with Crippen molar-refractivity contribution in [3.63, 3.8) is 0 Å². The average molecular weight is 396 g/mol. The number of rotatable bonds is 3. The minimum atomic E-state index is -1.16. The maximum absolute atomic E-state index is 2.50. The van der Waals surface area contributed by atoms with Crippen LogP contribution in [0.4, 0.5) is 0 Å². The van der Waals surface area contributed by atoms with Crippen LogP contribution in [0.2, 0.25) is 23.4 Å². The Labute approximate surface area is 160 Å². The molecule has 1 unspecified atom stereocenters. The number of hydrogen-bond acceptors (Lipinski definition) is 0. The van der Waals surface area contributed by atoms with Crippen LogP contribution in [0, 0.1) is 6.92 Å². The van der Waals surface area contributed by atoms with E-state index in [9.17, 15) is 0 Å². The van der Waals surface area contributed by atoms with Gasteiger partial charge in [0.1, 0.15) is 0 Å². The summed E-state index contributed by atoms with van der Waals surface area (Å²) in [6, 6.07) is 8.94. The van der Waals surface area contributed by atoms with E-state index in [1.54, 1.807) is 5.20 Å². The van der Waals surface area contributed by atoms with Crippen LogP contribution in [0.25, 0.3) is 0 Å². The first-order valence-electron chi connectivity index (χ1n) is 6.52. The zero-order chi connectivity index (χ0) is 13.4. The van der Waals surface area contributed by atoms with Crippen molar-refractivity contribution >= 4 is 8.07 Å². The zero-order valence-electron chi connectivity index (χ0n) is 12.9. The van der Waals surface area contributed by atoms with Gasteiger partial charge in [0, 0.05) is 0 Å². The summed E-state index contributed by atoms with van der Waals surface area (Å²) in [5.74, 6) is 0. The first kappa shape index (κ1) is 23.8. The van der Waals surface area contributed by atoms with Crippen LogP contribution in [-0.2, 0) is 26.9 Å². The molecule has 0 saturated carbocycles. The van der Waals surface area contributed by atoms with E-state index in [-0.39, 0.29) is 40.9 Å². The smallest absolute Gasteiger partial charge is 1.00 e. The molecule has 21 heavy (non-hydrogen) atoms. The van der Waals surface area contributed by atoms with Crippen molar-refractivity contribution < 1.29 is 57.7 Å². The minimum absolute atomic E-state index is 0. The predicted octanol–water partition coefficient (Wildman–Crippen LogP) is -4.37. The Balaban J connectivity index is 0. The third kappa shape index (κ3) is 6.64. The number of aryl methyl sites for hydroxylation is 1. The molecular formula is C16H21Cl3SiTi. The molecule has 0 spiro atoms. The molecule has 0 aliphatic heterocycles. The van der Waals surface area contributed by atoms with Gasteiger partial charge in [0.25, 0.3) is 0 Å². The van der Waals surface area contributed by atoms with Gasteiger partial charge < -0.3 is 37.2 Å². The van der Waals surface area contributed by atoms with Crippen molar-refractivity contribution in [1.82, 2.24) is 0 Å². The van der Waals surface area contributed by atoms with Crippen LogP contribution in [0.15, 0.2) is 47.7 Å². The molecular weight excluding hydrogens is 374 g/mol. The SMILES string of the molecule is Cc1ccc(C[C]2([Ti+3])C=CC([Si](C)(C)C)=C2)cc1.[Cl-].[Cl-].[Cl-]. The molecule has 0 saturated heterocycles. The molecule has 2 rings (SSSR count). The molecule has 1 aliphatic carbocycles. The molecule has 1 aromatic rings. The van der Waals surface area contributed by atoms with E-state index < -0.39 is 8.07 Å². The van der Waals surface area contributed by atoms with Crippen molar-refractivity contribution in [3.05, 3.63) is 58.8 Å². The van der Waals surface area contributed by atoms with E-state index in [2.05, 4.69) is 89.5 Å². The average Bonchev–Trinajstić information content (AvgIpc) is 2.64. The molecule has 0 fully saturated rings. The van der Waals surface area contributed by atoms with Gasteiger partial charge in [-0.15, -0.1) is 0 Å². The fourth-order valence-corrected chi connectivity index (χ4v) is 4.42. The Morgan fingerprint density at radius 3 is 1.95 bits per heavy atom. The Morgan fingerprint density at radius 2 is 1.52 bits per heavy atom. The topological polar surface area (TPSA) is 0 Å². The zero-order valence-corrected chi connectivity index (χ0v) is 17.7. The fraction of sp³-hybridized carbons (Fsp3) is 0.375. The van der Waals surface area contributed by atoms with Crippen LogP contribution >= 0.6 is 0 Å². The van der Waals surface area contributed by atoms with E-state index in [4.69, 9.17) is 0 Å². The van der Waals surface area contributed by atoms with E-state index in [1.807, 2.05) is 0 Å². The summed E-state index contributed by atoms with van der Waals surface area (Å²) in [6.45, 7) is 9.40. The maximum atomic E-state index is 2.50. The van der Waals surface area contributed by atoms with Crippen molar-refractivity contribution in [3.8, 4) is 0 Å². The Bertz CT molecular complexity index is 503. The molecule has 1 atom stereocenters. The number of halogens is 3. The standard InChI is InChI=1S/C16H21Si.3ClH.Ti/c1-13-5-7-14(8-6-13)11-15-9-10-16(12-15)17(2,3)4;;;;/h5-10,12H,11H2,1-4H3;3*1H;/q;;;;+3/p-3. The quantitative estimate of drug-likeness (QED) is 0.454. The van der Waals surface area contributed by atoms with Crippen LogP contribution in [0.3, 0.4) is 0 Å². The van der Waals surface area contributed by atoms with E-state index >= 15 is 0 Å². The van der Waals surface area contributed by atoms with Gasteiger partial charge in [-0.25, -0.2) is 0 Å². The maximum Gasteiger partial charge on any atom is -1.00 e. The van der Waals surface area contributed by atoms with E-state index in [0.29, 0.717) is 0 Å². The van der Waals surface area contributed by atoms with Crippen LogP contribution in [-0.4, -0.2) is 8.07 Å². The Morgan fingerprint density at radius 1 is 1.00 bits per heavy atom. The van der Waals surface area contributed by atoms with Crippen molar-refractivity contribution in [1.29, 1.82) is 0 Å². The van der Waals surface area contributed by atoms with Gasteiger partial charge in [0.05, 0.1) is 0 Å². The van der Waals surface area contributed by atoms with E-state index in [0.717, 1.165) is 6.42 Å². The molecule has 114 valence electrons. The second-order valence-corrected chi connectivity index (χ2v) is 12.9. The molecule has 0 nitrogen and oxygen atoms in total. The van der Waals surface area contributed by atoms with Crippen molar-refractivity contribution in [2.45, 2.75) is 36.7 Å². The van der Waals surface area contributed by atoms with Gasteiger partial charge in [-0.2, -0.15) is 0 Å². The molecule has 0 amide bonds. The number of benzene rings is 1. The first-order valence-corrected chi connectivity index (χ1v) is 10.8. The second-order valence-electron chi connectivity index (χ2n) is 6.39. The number of hydrogen-bond donors (Lipinski definition) is 0. The van der Waals surface area contributed by atoms with Crippen molar-refractivity contribution in [2.75, 3.05) is 0 Å². The molecule has 0 bridgehead atoms. The van der Waals surface area contributed by atoms with Gasteiger partial charge in [0.15, 0.2) is 0 Å². The summed E-state index contributed by atoms with van der Waals surface area (Å²) in [6.07, 6.45) is 8.36. The normalized spacial score (nSPS) is 20.0. The van der Waals surface area contributed by atoms with E-state index in [1.165, 1.54) is 11.1 Å². The summed E-state index contributed by atoms with van der Waals surface area (Å²) in [4.78, 5) is 0. The monoisotopic (exact) mass is 394 g/mol. The van der Waals surface area contributed by atoms with Gasteiger partial charge >= 0.3 is 124 Å². The predicted molar refractivity (Wildman–Crippen MR) is 78.1 cm³/mol. The molecule has 5 heteroatoms. The van der Waals surface area contributed by atoms with Gasteiger partial charge in [-0.3, -0.25) is 0 Å². The molecule has 0 heterocycles. The largest absolute Gasteiger partial charge is 1.00 e. The molecule has 1 aromatic carbocycles. The summed E-state index contributed by atoms with van der Waals surface area (Å²) in [7, 11) is -1.16. The van der Waals surface area contributed by atoms with Crippen molar-refractivity contribution in [2.24, 2.45) is 0 Å². The molecule has 0 aromatic heterocycles. The first-order chi connectivity index (χ1) is 8.28. The molecule has 1 aliphatic rings. The Kier molecular flexibility index (Phi) is 10.1. The third-order valence-corrected chi connectivity index (χ3v) is 6.26. The summed E-state index contributed by atoms with van der Waals surface area (Å²) < 4.78 is 0.213. The van der Waals surface area contributed by atoms with Gasteiger partial charge in [-0.1, -0.05) is 0 Å². The second kappa shape index (κ2) is 8.96.